The Kier molecular flexibility index (Phi) is 4.68. The van der Waals surface area contributed by atoms with E-state index in [9.17, 15) is 0 Å². The van der Waals surface area contributed by atoms with Crippen LogP contribution in [0.5, 0.6) is 0 Å². The lowest BCUT2D eigenvalue weighted by atomic mass is 10.1. The summed E-state index contributed by atoms with van der Waals surface area (Å²) in [4.78, 5) is 9.29. The predicted octanol–water partition coefficient (Wildman–Crippen LogP) is 7.00. The quantitative estimate of drug-likeness (QED) is 0.402. The molecule has 0 aliphatic rings. The summed E-state index contributed by atoms with van der Waals surface area (Å²) >= 11 is 18.4. The van der Waals surface area contributed by atoms with Crippen LogP contribution in [-0.4, -0.2) is 9.97 Å². The number of aromatic nitrogens is 2. The van der Waals surface area contributed by atoms with Crippen LogP contribution >= 0.6 is 34.8 Å². The molecule has 0 radical (unpaired) electrons. The molecule has 1 aromatic heterocycles. The first-order valence-corrected chi connectivity index (χ1v) is 8.98. The molecule has 1 heterocycles. The fraction of sp³-hybridized carbons (Fsp3) is 0. The minimum Gasteiger partial charge on any atom is -0.323 e. The van der Waals surface area contributed by atoms with Gasteiger partial charge in [0, 0.05) is 21.0 Å². The molecule has 6 heteroatoms. The van der Waals surface area contributed by atoms with E-state index >= 15 is 0 Å². The molecule has 4 rings (SSSR count). The van der Waals surface area contributed by atoms with Gasteiger partial charge in [0.05, 0.1) is 21.9 Å². The Hall–Kier alpha value is -2.33. The Bertz CT molecular complexity index is 1100. The highest BCUT2D eigenvalue weighted by Crippen LogP contribution is 2.32. The van der Waals surface area contributed by atoms with Crippen LogP contribution in [0.3, 0.4) is 0 Å². The summed E-state index contributed by atoms with van der Waals surface area (Å²) in [7, 11) is 0. The van der Waals surface area contributed by atoms with Crippen LogP contribution in [0.4, 0.5) is 11.6 Å². The summed E-state index contributed by atoms with van der Waals surface area (Å²) in [6, 6.07) is 20.7. The molecule has 0 atom stereocenters. The average Bonchev–Trinajstić information content (AvgIpc) is 2.64. The predicted molar refractivity (Wildman–Crippen MR) is 110 cm³/mol. The van der Waals surface area contributed by atoms with E-state index in [4.69, 9.17) is 39.8 Å². The van der Waals surface area contributed by atoms with Gasteiger partial charge in [-0.1, -0.05) is 65.1 Å². The van der Waals surface area contributed by atoms with E-state index in [0.717, 1.165) is 22.2 Å². The Morgan fingerprint density at radius 1 is 0.731 bits per heavy atom. The molecule has 0 unspecified atom stereocenters. The Morgan fingerprint density at radius 3 is 2.23 bits per heavy atom. The molecule has 0 amide bonds. The van der Waals surface area contributed by atoms with Gasteiger partial charge < -0.3 is 5.32 Å². The van der Waals surface area contributed by atoms with E-state index in [1.165, 1.54) is 0 Å². The first kappa shape index (κ1) is 17.1. The Balaban J connectivity index is 1.87. The number of hydrogen-bond acceptors (Lipinski definition) is 3. The molecule has 128 valence electrons. The zero-order valence-corrected chi connectivity index (χ0v) is 15.6. The lowest BCUT2D eigenvalue weighted by Gasteiger charge is -2.12. The fourth-order valence-corrected chi connectivity index (χ4v) is 3.31. The third kappa shape index (κ3) is 3.47. The highest BCUT2D eigenvalue weighted by atomic mass is 35.5. The van der Waals surface area contributed by atoms with Crippen molar-refractivity contribution in [2.24, 2.45) is 0 Å². The van der Waals surface area contributed by atoms with Gasteiger partial charge in [0.1, 0.15) is 0 Å². The number of rotatable bonds is 3. The van der Waals surface area contributed by atoms with Crippen LogP contribution < -0.4 is 5.32 Å². The molecule has 0 saturated carbocycles. The van der Waals surface area contributed by atoms with Crippen molar-refractivity contribution in [3.8, 4) is 11.3 Å². The van der Waals surface area contributed by atoms with Crippen LogP contribution in [-0.2, 0) is 0 Å². The minimum atomic E-state index is 0.447. The van der Waals surface area contributed by atoms with Crippen molar-refractivity contribution in [2.75, 3.05) is 5.32 Å². The zero-order chi connectivity index (χ0) is 18.1. The van der Waals surface area contributed by atoms with E-state index in [2.05, 4.69) is 10.3 Å². The van der Waals surface area contributed by atoms with E-state index in [-0.39, 0.29) is 0 Å². The summed E-state index contributed by atoms with van der Waals surface area (Å²) in [6.45, 7) is 0. The maximum absolute atomic E-state index is 6.26. The van der Waals surface area contributed by atoms with Crippen LogP contribution in [0.25, 0.3) is 22.2 Å². The van der Waals surface area contributed by atoms with Gasteiger partial charge in [-0.25, -0.2) is 9.97 Å². The zero-order valence-electron chi connectivity index (χ0n) is 13.4. The number of nitrogens with zero attached hydrogens (tertiary/aromatic N) is 2. The SMILES string of the molecule is Clc1ccc(Nc2nc(-c3ccccc3)c3cc(Cl)ccc3n2)c(Cl)c1. The van der Waals surface area contributed by atoms with Gasteiger partial charge in [-0.2, -0.15) is 0 Å². The lowest BCUT2D eigenvalue weighted by molar-refractivity contribution is 1.22. The first-order chi connectivity index (χ1) is 12.6. The van der Waals surface area contributed by atoms with Gasteiger partial charge in [0.25, 0.3) is 0 Å². The average molecular weight is 401 g/mol. The van der Waals surface area contributed by atoms with Crippen molar-refractivity contribution in [1.29, 1.82) is 0 Å². The highest BCUT2D eigenvalue weighted by molar-refractivity contribution is 6.36. The van der Waals surface area contributed by atoms with Crippen LogP contribution in [0, 0.1) is 0 Å². The summed E-state index contributed by atoms with van der Waals surface area (Å²) in [5.41, 5.74) is 3.25. The molecule has 4 aromatic rings. The number of fused-ring (bicyclic) bond motifs is 1. The summed E-state index contributed by atoms with van der Waals surface area (Å²) < 4.78 is 0. The monoisotopic (exact) mass is 399 g/mol. The minimum absolute atomic E-state index is 0.447. The smallest absolute Gasteiger partial charge is 0.228 e. The normalized spacial score (nSPS) is 10.9. The second kappa shape index (κ2) is 7.12. The third-order valence-electron chi connectivity index (χ3n) is 3.88. The maximum Gasteiger partial charge on any atom is 0.228 e. The summed E-state index contributed by atoms with van der Waals surface area (Å²) in [6.07, 6.45) is 0. The first-order valence-electron chi connectivity index (χ1n) is 7.85. The number of hydrogen-bond donors (Lipinski definition) is 1. The number of halogens is 3. The van der Waals surface area contributed by atoms with E-state index in [1.54, 1.807) is 18.2 Å². The molecule has 0 aliphatic carbocycles. The molecule has 3 aromatic carbocycles. The Morgan fingerprint density at radius 2 is 1.46 bits per heavy atom. The molecule has 26 heavy (non-hydrogen) atoms. The van der Waals surface area contributed by atoms with Crippen molar-refractivity contribution in [1.82, 2.24) is 9.97 Å². The molecule has 1 N–H and O–H groups in total. The standard InChI is InChI=1S/C20H12Cl3N3/c21-13-6-8-17-15(10-13)19(12-4-2-1-3-5-12)26-20(24-17)25-18-9-7-14(22)11-16(18)23/h1-11H,(H,24,25,26). The van der Waals surface area contributed by atoms with Crippen LogP contribution in [0.1, 0.15) is 0 Å². The van der Waals surface area contributed by atoms with Gasteiger partial charge in [-0.15, -0.1) is 0 Å². The summed E-state index contributed by atoms with van der Waals surface area (Å²) in [5.74, 6) is 0.447. The molecular formula is C20H12Cl3N3. The topological polar surface area (TPSA) is 37.8 Å². The molecule has 0 saturated heterocycles. The third-order valence-corrected chi connectivity index (χ3v) is 4.67. The van der Waals surface area contributed by atoms with Crippen LogP contribution in [0.15, 0.2) is 66.7 Å². The van der Waals surface area contributed by atoms with Crippen molar-refractivity contribution >= 4 is 57.3 Å². The molecule has 0 bridgehead atoms. The van der Waals surface area contributed by atoms with Gasteiger partial charge >= 0.3 is 0 Å². The second-order valence-electron chi connectivity index (χ2n) is 5.67. The van der Waals surface area contributed by atoms with E-state index in [1.807, 2.05) is 48.5 Å². The van der Waals surface area contributed by atoms with E-state index < -0.39 is 0 Å². The molecule has 0 spiro atoms. The molecular weight excluding hydrogens is 389 g/mol. The van der Waals surface area contributed by atoms with Crippen LogP contribution in [0.2, 0.25) is 15.1 Å². The van der Waals surface area contributed by atoms with Gasteiger partial charge in [0.15, 0.2) is 0 Å². The number of benzene rings is 3. The van der Waals surface area contributed by atoms with Crippen molar-refractivity contribution in [3.05, 3.63) is 81.8 Å². The lowest BCUT2D eigenvalue weighted by Crippen LogP contribution is -2.00. The molecule has 0 fully saturated rings. The molecule has 3 nitrogen and oxygen atoms in total. The fourth-order valence-electron chi connectivity index (χ4n) is 2.68. The largest absolute Gasteiger partial charge is 0.323 e. The maximum atomic E-state index is 6.26. The van der Waals surface area contributed by atoms with E-state index in [0.29, 0.717) is 26.7 Å². The van der Waals surface area contributed by atoms with Gasteiger partial charge in [-0.05, 0) is 36.4 Å². The van der Waals surface area contributed by atoms with Crippen molar-refractivity contribution in [2.45, 2.75) is 0 Å². The Labute approximate surface area is 165 Å². The number of nitrogens with one attached hydrogen (secondary N) is 1. The second-order valence-corrected chi connectivity index (χ2v) is 6.95. The number of anilines is 2. The highest BCUT2D eigenvalue weighted by Gasteiger charge is 2.12. The van der Waals surface area contributed by atoms with Crippen molar-refractivity contribution < 1.29 is 0 Å². The van der Waals surface area contributed by atoms with Crippen molar-refractivity contribution in [3.63, 3.8) is 0 Å². The van der Waals surface area contributed by atoms with Gasteiger partial charge in [0.2, 0.25) is 5.95 Å². The van der Waals surface area contributed by atoms with Gasteiger partial charge in [-0.3, -0.25) is 0 Å². The summed E-state index contributed by atoms with van der Waals surface area (Å²) in [5, 5.41) is 5.76. The molecule has 0 aliphatic heterocycles.